The molecule has 0 spiro atoms. The molecule has 0 radical (unpaired) electrons. The molecule has 26 heavy (non-hydrogen) atoms. The van der Waals surface area contributed by atoms with Crippen molar-refractivity contribution in [3.05, 3.63) is 53.3 Å². The number of nitrogens with zero attached hydrogens (tertiary/aromatic N) is 1. The summed E-state index contributed by atoms with van der Waals surface area (Å²) in [7, 11) is 3.27. The maximum Gasteiger partial charge on any atom is 0.225 e. The summed E-state index contributed by atoms with van der Waals surface area (Å²) in [4.78, 5) is 14.4. The molecule has 5 nitrogen and oxygen atoms in total. The molecule has 0 unspecified atom stereocenters. The molecule has 0 atom stereocenters. The minimum Gasteiger partial charge on any atom is -0.493 e. The van der Waals surface area contributed by atoms with E-state index in [1.54, 1.807) is 26.4 Å². The van der Waals surface area contributed by atoms with Crippen LogP contribution in [0.2, 0.25) is 0 Å². The van der Waals surface area contributed by atoms with Crippen LogP contribution in [0.5, 0.6) is 11.5 Å². The molecular formula is C20H23FN2O3. The molecule has 2 aromatic rings. The first-order chi connectivity index (χ1) is 12.6. The Hall–Kier alpha value is -2.60. The number of ether oxygens (including phenoxy) is 2. The third kappa shape index (κ3) is 4.32. The van der Waals surface area contributed by atoms with Gasteiger partial charge in [0.05, 0.1) is 14.2 Å². The summed E-state index contributed by atoms with van der Waals surface area (Å²) in [6.45, 7) is 2.34. The highest BCUT2D eigenvalue weighted by molar-refractivity contribution is 5.90. The molecule has 0 fully saturated rings. The fourth-order valence-electron chi connectivity index (χ4n) is 3.15. The SMILES string of the molecule is COc1cc2c(cc1OC)CN(CCC(=O)Nc1ccc(F)cc1)CC2. The zero-order valence-electron chi connectivity index (χ0n) is 15.0. The first kappa shape index (κ1) is 18.2. The van der Waals surface area contributed by atoms with Crippen molar-refractivity contribution in [3.8, 4) is 11.5 Å². The number of amides is 1. The van der Waals surface area contributed by atoms with Crippen LogP contribution in [0.15, 0.2) is 36.4 Å². The molecule has 6 heteroatoms. The fourth-order valence-corrected chi connectivity index (χ4v) is 3.15. The summed E-state index contributed by atoms with van der Waals surface area (Å²) in [6, 6.07) is 9.83. The second-order valence-corrected chi connectivity index (χ2v) is 6.31. The van der Waals surface area contributed by atoms with E-state index in [4.69, 9.17) is 9.47 Å². The molecule has 0 bridgehead atoms. The Labute approximate surface area is 152 Å². The van der Waals surface area contributed by atoms with Gasteiger partial charge in [-0.15, -0.1) is 0 Å². The van der Waals surface area contributed by atoms with Gasteiger partial charge >= 0.3 is 0 Å². The Bertz CT molecular complexity index is 777. The third-order valence-corrected chi connectivity index (χ3v) is 4.58. The van der Waals surface area contributed by atoms with Crippen molar-refractivity contribution in [3.63, 3.8) is 0 Å². The van der Waals surface area contributed by atoms with Crippen LogP contribution in [0.4, 0.5) is 10.1 Å². The first-order valence-electron chi connectivity index (χ1n) is 8.60. The largest absolute Gasteiger partial charge is 0.493 e. The molecule has 0 aliphatic carbocycles. The molecule has 1 aliphatic heterocycles. The van der Waals surface area contributed by atoms with Gasteiger partial charge in [-0.1, -0.05) is 0 Å². The van der Waals surface area contributed by atoms with Crippen LogP contribution < -0.4 is 14.8 Å². The molecule has 138 valence electrons. The van der Waals surface area contributed by atoms with E-state index in [-0.39, 0.29) is 11.7 Å². The maximum absolute atomic E-state index is 12.9. The van der Waals surface area contributed by atoms with E-state index in [0.717, 1.165) is 31.0 Å². The Kier molecular flexibility index (Phi) is 5.73. The van der Waals surface area contributed by atoms with Gasteiger partial charge in [-0.3, -0.25) is 9.69 Å². The van der Waals surface area contributed by atoms with E-state index in [0.29, 0.717) is 18.7 Å². The second-order valence-electron chi connectivity index (χ2n) is 6.31. The molecule has 1 aliphatic rings. The Morgan fingerprint density at radius 2 is 1.77 bits per heavy atom. The van der Waals surface area contributed by atoms with E-state index < -0.39 is 0 Å². The van der Waals surface area contributed by atoms with Crippen molar-refractivity contribution in [1.82, 2.24) is 4.90 Å². The van der Waals surface area contributed by atoms with Crippen LogP contribution in [-0.4, -0.2) is 38.1 Å². The highest BCUT2D eigenvalue weighted by Gasteiger charge is 2.20. The number of fused-ring (bicyclic) bond motifs is 1. The van der Waals surface area contributed by atoms with Crippen molar-refractivity contribution in [2.45, 2.75) is 19.4 Å². The predicted octanol–water partition coefficient (Wildman–Crippen LogP) is 3.23. The molecule has 0 saturated carbocycles. The average Bonchev–Trinajstić information content (AvgIpc) is 2.66. The maximum atomic E-state index is 12.9. The van der Waals surface area contributed by atoms with Gasteiger partial charge < -0.3 is 14.8 Å². The summed E-state index contributed by atoms with van der Waals surface area (Å²) in [6.07, 6.45) is 1.30. The average molecular weight is 358 g/mol. The minimum atomic E-state index is -0.318. The van der Waals surface area contributed by atoms with Crippen molar-refractivity contribution in [1.29, 1.82) is 0 Å². The first-order valence-corrected chi connectivity index (χ1v) is 8.60. The zero-order valence-corrected chi connectivity index (χ0v) is 15.0. The van der Waals surface area contributed by atoms with E-state index in [1.807, 2.05) is 12.1 Å². The van der Waals surface area contributed by atoms with Crippen LogP contribution in [0.1, 0.15) is 17.5 Å². The van der Waals surface area contributed by atoms with Crippen molar-refractivity contribution >= 4 is 11.6 Å². The van der Waals surface area contributed by atoms with E-state index >= 15 is 0 Å². The summed E-state index contributed by atoms with van der Waals surface area (Å²) in [5.41, 5.74) is 3.07. The lowest BCUT2D eigenvalue weighted by Crippen LogP contribution is -2.33. The van der Waals surface area contributed by atoms with E-state index in [1.165, 1.54) is 23.3 Å². The number of halogens is 1. The summed E-state index contributed by atoms with van der Waals surface area (Å²) >= 11 is 0. The monoisotopic (exact) mass is 358 g/mol. The van der Waals surface area contributed by atoms with Crippen LogP contribution in [-0.2, 0) is 17.8 Å². The lowest BCUT2D eigenvalue weighted by molar-refractivity contribution is -0.116. The number of hydrogen-bond donors (Lipinski definition) is 1. The van der Waals surface area contributed by atoms with Gasteiger partial charge in [0.1, 0.15) is 5.82 Å². The number of rotatable bonds is 6. The highest BCUT2D eigenvalue weighted by Crippen LogP contribution is 2.33. The van der Waals surface area contributed by atoms with Crippen LogP contribution >= 0.6 is 0 Å². The van der Waals surface area contributed by atoms with Crippen molar-refractivity contribution < 1.29 is 18.7 Å². The number of anilines is 1. The fraction of sp³-hybridized carbons (Fsp3) is 0.350. The number of carbonyl (C=O) groups excluding carboxylic acids is 1. The second kappa shape index (κ2) is 8.19. The van der Waals surface area contributed by atoms with Gasteiger partial charge in [-0.25, -0.2) is 4.39 Å². The topological polar surface area (TPSA) is 50.8 Å². The lowest BCUT2D eigenvalue weighted by atomic mass is 9.98. The van der Waals surface area contributed by atoms with E-state index in [2.05, 4.69) is 10.2 Å². The number of hydrogen-bond acceptors (Lipinski definition) is 4. The van der Waals surface area contributed by atoms with Crippen molar-refractivity contribution in [2.24, 2.45) is 0 Å². The van der Waals surface area contributed by atoms with E-state index in [9.17, 15) is 9.18 Å². The molecule has 2 aromatic carbocycles. The molecule has 0 saturated heterocycles. The molecule has 0 aromatic heterocycles. The highest BCUT2D eigenvalue weighted by atomic mass is 19.1. The molecule has 1 N–H and O–H groups in total. The summed E-state index contributed by atoms with van der Waals surface area (Å²) in [5, 5.41) is 2.79. The molecule has 1 heterocycles. The number of benzene rings is 2. The van der Waals surface area contributed by atoms with Gasteiger partial charge in [0.2, 0.25) is 5.91 Å². The third-order valence-electron chi connectivity index (χ3n) is 4.58. The molecular weight excluding hydrogens is 335 g/mol. The quantitative estimate of drug-likeness (QED) is 0.861. The standard InChI is InChI=1S/C20H23FN2O3/c1-25-18-11-14-7-9-23(13-15(14)12-19(18)26-2)10-8-20(24)22-17-5-3-16(21)4-6-17/h3-6,11-12H,7-10,13H2,1-2H3,(H,22,24). The van der Waals surface area contributed by atoms with Crippen LogP contribution in [0.3, 0.4) is 0 Å². The summed E-state index contributed by atoms with van der Waals surface area (Å²) in [5.74, 6) is 1.08. The zero-order chi connectivity index (χ0) is 18.5. The van der Waals surface area contributed by atoms with Gasteiger partial charge in [-0.05, 0) is 53.9 Å². The van der Waals surface area contributed by atoms with Gasteiger partial charge in [0, 0.05) is 31.7 Å². The predicted molar refractivity (Wildman–Crippen MR) is 98.2 cm³/mol. The Balaban J connectivity index is 1.55. The lowest BCUT2D eigenvalue weighted by Gasteiger charge is -2.29. The molecule has 3 rings (SSSR count). The number of nitrogens with one attached hydrogen (secondary N) is 1. The minimum absolute atomic E-state index is 0.0743. The Morgan fingerprint density at radius 3 is 2.42 bits per heavy atom. The van der Waals surface area contributed by atoms with Gasteiger partial charge in [0.15, 0.2) is 11.5 Å². The summed E-state index contributed by atoms with van der Waals surface area (Å²) < 4.78 is 23.6. The number of methoxy groups -OCH3 is 2. The van der Waals surface area contributed by atoms with Crippen LogP contribution in [0.25, 0.3) is 0 Å². The smallest absolute Gasteiger partial charge is 0.225 e. The number of carbonyl (C=O) groups is 1. The van der Waals surface area contributed by atoms with Gasteiger partial charge in [-0.2, -0.15) is 0 Å². The van der Waals surface area contributed by atoms with Crippen molar-refractivity contribution in [2.75, 3.05) is 32.6 Å². The van der Waals surface area contributed by atoms with Crippen LogP contribution in [0, 0.1) is 5.82 Å². The Morgan fingerprint density at radius 1 is 1.12 bits per heavy atom. The molecule has 1 amide bonds. The normalized spacial score (nSPS) is 13.8. The van der Waals surface area contributed by atoms with Gasteiger partial charge in [0.25, 0.3) is 0 Å².